The lowest BCUT2D eigenvalue weighted by molar-refractivity contribution is -0.116. The monoisotopic (exact) mass is 353 g/mol. The zero-order valence-corrected chi connectivity index (χ0v) is 11.4. The van der Waals surface area contributed by atoms with Gasteiger partial charge in [0.2, 0.25) is 5.91 Å². The van der Waals surface area contributed by atoms with Gasteiger partial charge in [-0.2, -0.15) is 0 Å². The molecule has 0 spiro atoms. The molecular weight excluding hydrogens is 341 g/mol. The van der Waals surface area contributed by atoms with Gasteiger partial charge in [0, 0.05) is 14.1 Å². The zero-order chi connectivity index (χ0) is 13.2. The van der Waals surface area contributed by atoms with Crippen LogP contribution in [0, 0.1) is 0 Å². The summed E-state index contributed by atoms with van der Waals surface area (Å²) in [5.74, 6) is -0.305. The number of carbonyl (C=O) groups excluding carboxylic acids is 1. The second-order valence-electron chi connectivity index (χ2n) is 3.34. The normalized spacial score (nSPS) is 10.1. The summed E-state index contributed by atoms with van der Waals surface area (Å²) >= 11 is 1.79. The van der Waals surface area contributed by atoms with Crippen LogP contribution in [0.2, 0.25) is 0 Å². The number of nitrogens with one attached hydrogen (secondary N) is 2. The van der Waals surface area contributed by atoms with Crippen molar-refractivity contribution < 1.29 is 4.79 Å². The Balaban J connectivity index is 3.42. The van der Waals surface area contributed by atoms with Crippen molar-refractivity contribution in [3.63, 3.8) is 0 Å². The quantitative estimate of drug-likeness (QED) is 0.462. The first-order chi connectivity index (χ1) is 7.90. The number of hydrogen-bond donors (Lipinski definition) is 3. The van der Waals surface area contributed by atoms with E-state index in [1.807, 2.05) is 0 Å². The van der Waals surface area contributed by atoms with Crippen LogP contribution >= 0.6 is 22.9 Å². The van der Waals surface area contributed by atoms with Gasteiger partial charge in [-0.05, 0) is 0 Å². The fourth-order valence-corrected chi connectivity index (χ4v) is 1.92. The standard InChI is InChI=1S/C8H12IN5O3/c1-13-6(12-9)5(11-3-4(10)15)7(16)14(2)8(13)17/h11-12H,3H2,1-2H3,(H2,10,15). The topological polar surface area (TPSA) is 111 Å². The predicted octanol–water partition coefficient (Wildman–Crippen LogP) is -1.26. The van der Waals surface area contributed by atoms with Crippen molar-refractivity contribution in [1.82, 2.24) is 9.13 Å². The Bertz CT molecular complexity index is 562. The molecule has 0 radical (unpaired) electrons. The summed E-state index contributed by atoms with van der Waals surface area (Å²) < 4.78 is 4.91. The van der Waals surface area contributed by atoms with Gasteiger partial charge in [-0.3, -0.25) is 18.7 Å². The summed E-state index contributed by atoms with van der Waals surface area (Å²) in [5, 5.41) is 2.61. The van der Waals surface area contributed by atoms with E-state index in [4.69, 9.17) is 5.73 Å². The molecule has 0 aliphatic rings. The molecule has 0 saturated carbocycles. The van der Waals surface area contributed by atoms with E-state index in [0.29, 0.717) is 5.82 Å². The zero-order valence-electron chi connectivity index (χ0n) is 9.28. The van der Waals surface area contributed by atoms with Gasteiger partial charge >= 0.3 is 5.69 Å². The minimum atomic E-state index is -0.597. The van der Waals surface area contributed by atoms with Gasteiger partial charge in [0.15, 0.2) is 0 Å². The number of amides is 1. The largest absolute Gasteiger partial charge is 0.369 e. The highest BCUT2D eigenvalue weighted by Crippen LogP contribution is 2.15. The molecular formula is C8H12IN5O3. The maximum atomic E-state index is 11.8. The van der Waals surface area contributed by atoms with Crippen LogP contribution in [0.3, 0.4) is 0 Å². The van der Waals surface area contributed by atoms with Crippen LogP contribution in [-0.4, -0.2) is 21.6 Å². The van der Waals surface area contributed by atoms with Crippen LogP contribution in [0.25, 0.3) is 0 Å². The van der Waals surface area contributed by atoms with E-state index in [1.165, 1.54) is 18.7 Å². The van der Waals surface area contributed by atoms with Crippen LogP contribution < -0.4 is 25.8 Å². The third-order valence-corrected chi connectivity index (χ3v) is 2.70. The Hall–Kier alpha value is -1.52. The summed E-state index contributed by atoms with van der Waals surface area (Å²) in [6.07, 6.45) is 0. The SMILES string of the molecule is Cn1c(NI)c(NCC(N)=O)c(=O)n(C)c1=O. The van der Waals surface area contributed by atoms with Gasteiger partial charge in [-0.25, -0.2) is 4.79 Å². The molecule has 1 rings (SSSR count). The predicted molar refractivity (Wildman–Crippen MR) is 72.3 cm³/mol. The first-order valence-corrected chi connectivity index (χ1v) is 5.66. The van der Waals surface area contributed by atoms with E-state index >= 15 is 0 Å². The molecule has 0 saturated heterocycles. The number of anilines is 2. The minimum Gasteiger partial charge on any atom is -0.369 e. The van der Waals surface area contributed by atoms with Crippen LogP contribution in [-0.2, 0) is 18.9 Å². The first kappa shape index (κ1) is 13.5. The molecule has 0 aliphatic carbocycles. The van der Waals surface area contributed by atoms with Gasteiger partial charge in [0.1, 0.15) is 11.5 Å². The van der Waals surface area contributed by atoms with Gasteiger partial charge < -0.3 is 14.6 Å². The Morgan fingerprint density at radius 2 is 1.94 bits per heavy atom. The first-order valence-electron chi connectivity index (χ1n) is 4.59. The lowest BCUT2D eigenvalue weighted by atomic mass is 10.4. The minimum absolute atomic E-state index is 0.128. The van der Waals surface area contributed by atoms with E-state index in [1.54, 1.807) is 22.9 Å². The smallest absolute Gasteiger partial charge is 0.332 e. The third kappa shape index (κ3) is 2.60. The molecule has 0 bridgehead atoms. The van der Waals surface area contributed by atoms with Gasteiger partial charge in [-0.15, -0.1) is 0 Å². The highest BCUT2D eigenvalue weighted by atomic mass is 127. The Morgan fingerprint density at radius 1 is 1.35 bits per heavy atom. The summed E-state index contributed by atoms with van der Waals surface area (Å²) in [6.45, 7) is -0.182. The number of hydrogen-bond acceptors (Lipinski definition) is 5. The fourth-order valence-electron chi connectivity index (χ4n) is 1.29. The molecule has 0 fully saturated rings. The lowest BCUT2D eigenvalue weighted by Crippen LogP contribution is -2.40. The number of halogens is 1. The summed E-state index contributed by atoms with van der Waals surface area (Å²) in [6, 6.07) is 0. The summed E-state index contributed by atoms with van der Waals surface area (Å²) in [5.41, 5.74) is 4.14. The van der Waals surface area contributed by atoms with Crippen molar-refractivity contribution in [3.8, 4) is 0 Å². The van der Waals surface area contributed by atoms with Crippen LogP contribution in [0.1, 0.15) is 0 Å². The van der Waals surface area contributed by atoms with E-state index in [9.17, 15) is 14.4 Å². The molecule has 0 aliphatic heterocycles. The second kappa shape index (κ2) is 5.21. The molecule has 1 amide bonds. The number of nitrogens with zero attached hydrogens (tertiary/aromatic N) is 2. The molecule has 4 N–H and O–H groups in total. The number of primary amides is 1. The average Bonchev–Trinajstić information content (AvgIpc) is 2.29. The number of rotatable bonds is 4. The fraction of sp³-hybridized carbons (Fsp3) is 0.375. The van der Waals surface area contributed by atoms with E-state index in [-0.39, 0.29) is 12.2 Å². The average molecular weight is 353 g/mol. The number of nitrogens with two attached hydrogens (primary N) is 1. The maximum Gasteiger partial charge on any atom is 0.332 e. The van der Waals surface area contributed by atoms with Gasteiger partial charge in [0.25, 0.3) is 5.56 Å². The van der Waals surface area contributed by atoms with Crippen LogP contribution in [0.15, 0.2) is 9.59 Å². The van der Waals surface area contributed by atoms with Crippen molar-refractivity contribution >= 4 is 40.3 Å². The number of aromatic nitrogens is 2. The van der Waals surface area contributed by atoms with E-state index in [2.05, 4.69) is 8.85 Å². The summed E-state index contributed by atoms with van der Waals surface area (Å²) in [4.78, 5) is 34.1. The van der Waals surface area contributed by atoms with Crippen molar-refractivity contribution in [1.29, 1.82) is 0 Å². The molecule has 0 aromatic carbocycles. The number of carbonyl (C=O) groups is 1. The van der Waals surface area contributed by atoms with E-state index in [0.717, 1.165) is 4.57 Å². The highest BCUT2D eigenvalue weighted by Gasteiger charge is 2.14. The van der Waals surface area contributed by atoms with Crippen molar-refractivity contribution in [2.45, 2.75) is 0 Å². The van der Waals surface area contributed by atoms with E-state index < -0.39 is 17.2 Å². The van der Waals surface area contributed by atoms with Gasteiger partial charge in [-0.1, -0.05) is 0 Å². The van der Waals surface area contributed by atoms with Crippen molar-refractivity contribution in [2.24, 2.45) is 19.8 Å². The Labute approximate surface area is 110 Å². The van der Waals surface area contributed by atoms with Gasteiger partial charge in [0.05, 0.1) is 29.4 Å². The summed E-state index contributed by atoms with van der Waals surface area (Å²) in [7, 11) is 2.87. The van der Waals surface area contributed by atoms with Crippen LogP contribution in [0.4, 0.5) is 11.5 Å². The molecule has 1 aromatic rings. The second-order valence-corrected chi connectivity index (χ2v) is 3.88. The highest BCUT2D eigenvalue weighted by molar-refractivity contribution is 14.1. The van der Waals surface area contributed by atoms with Crippen molar-refractivity contribution in [3.05, 3.63) is 20.8 Å². The third-order valence-electron chi connectivity index (χ3n) is 2.19. The molecule has 8 nitrogen and oxygen atoms in total. The lowest BCUT2D eigenvalue weighted by Gasteiger charge is -2.14. The molecule has 17 heavy (non-hydrogen) atoms. The Morgan fingerprint density at radius 3 is 2.41 bits per heavy atom. The molecule has 94 valence electrons. The Kier molecular flexibility index (Phi) is 4.15. The molecule has 0 atom stereocenters. The van der Waals surface area contributed by atoms with Crippen molar-refractivity contribution in [2.75, 3.05) is 15.4 Å². The molecule has 1 heterocycles. The maximum absolute atomic E-state index is 11.8. The van der Waals surface area contributed by atoms with Crippen LogP contribution in [0.5, 0.6) is 0 Å². The molecule has 9 heteroatoms. The molecule has 0 unspecified atom stereocenters. The molecule has 1 aromatic heterocycles.